The van der Waals surface area contributed by atoms with Crippen molar-refractivity contribution < 1.29 is 38.2 Å². The molecule has 1 atom stereocenters. The van der Waals surface area contributed by atoms with Crippen molar-refractivity contribution in [1.82, 2.24) is 14.5 Å². The molecule has 15 nitrogen and oxygen atoms in total. The number of aryl methyl sites for hydroxylation is 2. The van der Waals surface area contributed by atoms with E-state index in [2.05, 4.69) is 21.3 Å². The van der Waals surface area contributed by atoms with Gasteiger partial charge in [-0.1, -0.05) is 36.4 Å². The van der Waals surface area contributed by atoms with E-state index in [1.54, 1.807) is 62.8 Å². The molecule has 60 heavy (non-hydrogen) atoms. The van der Waals surface area contributed by atoms with Gasteiger partial charge in [0, 0.05) is 81.7 Å². The van der Waals surface area contributed by atoms with Gasteiger partial charge in [-0.3, -0.25) is 28.8 Å². The molecule has 1 unspecified atom stereocenters. The van der Waals surface area contributed by atoms with E-state index in [1.165, 1.54) is 23.6 Å². The number of esters is 1. The van der Waals surface area contributed by atoms with Crippen LogP contribution < -0.4 is 30.9 Å². The molecule has 0 fully saturated rings. The summed E-state index contributed by atoms with van der Waals surface area (Å²) in [6.07, 6.45) is 2.92. The molecule has 0 saturated carbocycles. The summed E-state index contributed by atoms with van der Waals surface area (Å²) in [5, 5.41) is 12.5. The number of benzene rings is 3. The van der Waals surface area contributed by atoms with E-state index in [1.807, 2.05) is 48.5 Å². The van der Waals surface area contributed by atoms with Crippen LogP contribution in [0.3, 0.4) is 0 Å². The van der Waals surface area contributed by atoms with Gasteiger partial charge in [-0.2, -0.15) is 0 Å². The molecular formula is C44H48ClN7O8. The number of rotatable bonds is 14. The summed E-state index contributed by atoms with van der Waals surface area (Å²) >= 11 is 6.49. The first-order valence-corrected chi connectivity index (χ1v) is 19.9. The smallest absolute Gasteiger partial charge is 0.325 e. The number of ether oxygens (including phenoxy) is 2. The first-order valence-electron chi connectivity index (χ1n) is 19.3. The molecule has 5 aromatic rings. The number of aromatic nitrogens is 2. The van der Waals surface area contributed by atoms with Gasteiger partial charge >= 0.3 is 5.97 Å². The number of hydrogen-bond donors (Lipinski definition) is 4. The van der Waals surface area contributed by atoms with E-state index in [0.717, 1.165) is 21.9 Å². The van der Waals surface area contributed by atoms with E-state index in [0.29, 0.717) is 35.0 Å². The lowest BCUT2D eigenvalue weighted by Crippen LogP contribution is -2.35. The molecule has 0 radical (unpaired) electrons. The molecule has 0 aliphatic carbocycles. The van der Waals surface area contributed by atoms with Crippen LogP contribution >= 0.6 is 11.6 Å². The van der Waals surface area contributed by atoms with Crippen LogP contribution in [0.5, 0.6) is 5.75 Å². The van der Waals surface area contributed by atoms with Crippen LogP contribution in [0.15, 0.2) is 79.1 Å². The maximum atomic E-state index is 13.8. The van der Waals surface area contributed by atoms with Gasteiger partial charge in [0.25, 0.3) is 11.8 Å². The zero-order chi connectivity index (χ0) is 43.3. The number of nitrogens with one attached hydrogen (secondary N) is 4. The molecule has 3 aromatic carbocycles. The third-order valence-corrected chi connectivity index (χ3v) is 10.0. The van der Waals surface area contributed by atoms with E-state index < -0.39 is 29.3 Å². The fourth-order valence-corrected chi connectivity index (χ4v) is 7.32. The third kappa shape index (κ3) is 10.3. The van der Waals surface area contributed by atoms with Gasteiger partial charge in [0.05, 0.1) is 17.1 Å². The Morgan fingerprint density at radius 3 is 2.10 bits per heavy atom. The van der Waals surface area contributed by atoms with Gasteiger partial charge in [0.15, 0.2) is 0 Å². The molecule has 5 amide bonds. The Labute approximate surface area is 352 Å². The lowest BCUT2D eigenvalue weighted by atomic mass is 9.95. The fraction of sp³-hybridized carbons (Fsp3) is 0.318. The van der Waals surface area contributed by atoms with Gasteiger partial charge in [0.2, 0.25) is 17.7 Å². The lowest BCUT2D eigenvalue weighted by Gasteiger charge is -2.20. The van der Waals surface area contributed by atoms with Crippen LogP contribution in [0.25, 0.3) is 10.8 Å². The van der Waals surface area contributed by atoms with E-state index in [-0.39, 0.29) is 61.0 Å². The van der Waals surface area contributed by atoms with Crippen LogP contribution in [0.1, 0.15) is 78.6 Å². The number of alkyl halides is 1. The Bertz CT molecular complexity index is 2470. The molecule has 0 bridgehead atoms. The van der Waals surface area contributed by atoms with Gasteiger partial charge in [-0.05, 0) is 61.5 Å². The Balaban J connectivity index is 1.10. The van der Waals surface area contributed by atoms with Crippen LogP contribution in [-0.4, -0.2) is 69.2 Å². The summed E-state index contributed by atoms with van der Waals surface area (Å²) < 4.78 is 14.6. The molecular weight excluding hydrogens is 790 g/mol. The van der Waals surface area contributed by atoms with Crippen LogP contribution in [0.2, 0.25) is 0 Å². The summed E-state index contributed by atoms with van der Waals surface area (Å²) in [6.45, 7) is 6.91. The van der Waals surface area contributed by atoms with Crippen molar-refractivity contribution in [3.63, 3.8) is 0 Å². The predicted molar refractivity (Wildman–Crippen MR) is 230 cm³/mol. The average molecular weight is 838 g/mol. The number of hydrogen-bond acceptors (Lipinski definition) is 8. The first-order chi connectivity index (χ1) is 28.5. The quantitative estimate of drug-likeness (QED) is 0.0726. The van der Waals surface area contributed by atoms with Gasteiger partial charge in [-0.25, -0.2) is 0 Å². The maximum absolute atomic E-state index is 13.8. The molecule has 6 rings (SSSR count). The molecule has 4 N–H and O–H groups in total. The molecule has 0 saturated heterocycles. The maximum Gasteiger partial charge on any atom is 0.325 e. The molecule has 2 aromatic heterocycles. The van der Waals surface area contributed by atoms with Gasteiger partial charge in [0.1, 0.15) is 35.9 Å². The number of carbonyl (C=O) groups excluding carboxylic acids is 6. The number of nitrogens with zero attached hydrogens (tertiary/aromatic N) is 3. The summed E-state index contributed by atoms with van der Waals surface area (Å²) in [5.74, 6) is -1.89. The topological polar surface area (TPSA) is 182 Å². The standard InChI is InChI=1S/C44H48ClN7O8/c1-26(53)47-29-12-13-32-33(16-29)37(59-25-27-10-8-7-9-11-27)19-34-41(32)28(20-45)22-52(34)39(55)15-14-38(54)48-30-17-36(51(6)23-30)43(58)49-31-18-35(50(5)24-31)42(57)46-21-40(56)60-44(2,3)4/h7-13,16-19,23-24,28H,14-15,20-22,25H2,1-6H3,(H,46,57)(H,47,53)(H,48,54)(H,49,58). The SMILES string of the molecule is CC(=O)Nc1ccc2c3c(cc(OCc4ccccc4)c2c1)N(C(=O)CCC(=O)Nc1cc(C(=O)Nc2cc(C(=O)NCC(=O)OC(C)(C)C)n(C)c2)n(C)c1)CC3CCl. The highest BCUT2D eigenvalue weighted by Crippen LogP contribution is 2.46. The zero-order valence-electron chi connectivity index (χ0n) is 34.3. The van der Waals surface area contributed by atoms with E-state index in [4.69, 9.17) is 21.1 Å². The monoisotopic (exact) mass is 837 g/mol. The van der Waals surface area contributed by atoms with Crippen molar-refractivity contribution in [3.8, 4) is 5.75 Å². The minimum absolute atomic E-state index is 0.0954. The van der Waals surface area contributed by atoms with Crippen LogP contribution in [-0.2, 0) is 44.6 Å². The van der Waals surface area contributed by atoms with Gasteiger partial charge < -0.3 is 44.8 Å². The third-order valence-electron chi connectivity index (χ3n) is 9.66. The van der Waals surface area contributed by atoms with Crippen molar-refractivity contribution in [2.24, 2.45) is 14.1 Å². The number of carbonyl (C=O) groups is 6. The predicted octanol–water partition coefficient (Wildman–Crippen LogP) is 6.47. The molecule has 1 aliphatic heterocycles. The minimum atomic E-state index is -0.690. The highest BCUT2D eigenvalue weighted by Gasteiger charge is 2.35. The van der Waals surface area contributed by atoms with Crippen molar-refractivity contribution >= 4 is 80.6 Å². The number of amides is 5. The summed E-state index contributed by atoms with van der Waals surface area (Å²) in [4.78, 5) is 78.6. The number of halogens is 1. The number of anilines is 4. The summed E-state index contributed by atoms with van der Waals surface area (Å²) in [5.41, 5.74) is 3.55. The molecule has 3 heterocycles. The molecule has 314 valence electrons. The second-order valence-electron chi connectivity index (χ2n) is 15.6. The highest BCUT2D eigenvalue weighted by atomic mass is 35.5. The highest BCUT2D eigenvalue weighted by molar-refractivity contribution is 6.19. The largest absolute Gasteiger partial charge is 0.488 e. The van der Waals surface area contributed by atoms with Crippen LogP contribution in [0, 0.1) is 0 Å². The van der Waals surface area contributed by atoms with Crippen molar-refractivity contribution in [3.05, 3.63) is 102 Å². The lowest BCUT2D eigenvalue weighted by molar-refractivity contribution is -0.153. The van der Waals surface area contributed by atoms with Crippen molar-refractivity contribution in [1.29, 1.82) is 0 Å². The Morgan fingerprint density at radius 2 is 1.45 bits per heavy atom. The minimum Gasteiger partial charge on any atom is -0.488 e. The van der Waals surface area contributed by atoms with Crippen molar-refractivity contribution in [2.45, 2.75) is 58.7 Å². The Kier molecular flexibility index (Phi) is 13.0. The summed E-state index contributed by atoms with van der Waals surface area (Å²) in [6, 6.07) is 20.1. The fourth-order valence-electron chi connectivity index (χ4n) is 7.07. The van der Waals surface area contributed by atoms with E-state index >= 15 is 0 Å². The second kappa shape index (κ2) is 18.1. The van der Waals surface area contributed by atoms with Gasteiger partial charge in [-0.15, -0.1) is 11.6 Å². The average Bonchev–Trinajstić information content (AvgIpc) is 3.87. The van der Waals surface area contributed by atoms with E-state index in [9.17, 15) is 28.8 Å². The number of fused-ring (bicyclic) bond motifs is 3. The summed E-state index contributed by atoms with van der Waals surface area (Å²) in [7, 11) is 3.28. The zero-order valence-corrected chi connectivity index (χ0v) is 35.1. The van der Waals surface area contributed by atoms with Crippen LogP contribution in [0.4, 0.5) is 22.7 Å². The Morgan fingerprint density at radius 1 is 0.783 bits per heavy atom. The molecule has 0 spiro atoms. The second-order valence-corrected chi connectivity index (χ2v) is 15.9. The molecule has 16 heteroatoms. The first kappa shape index (κ1) is 43.0. The molecule has 1 aliphatic rings. The normalized spacial score (nSPS) is 13.4. The van der Waals surface area contributed by atoms with Crippen molar-refractivity contribution in [2.75, 3.05) is 39.8 Å². The Hall–Kier alpha value is -6.61.